The first-order chi connectivity index (χ1) is 8.61. The molecular formula is C13H21NO3S. The number of carbonyl (C=O) groups is 2. The van der Waals surface area contributed by atoms with E-state index in [1.54, 1.807) is 0 Å². The van der Waals surface area contributed by atoms with Gasteiger partial charge < -0.3 is 10.0 Å². The van der Waals surface area contributed by atoms with Gasteiger partial charge in [-0.3, -0.25) is 9.59 Å². The Kier molecular flexibility index (Phi) is 4.54. The molecule has 2 rings (SSSR count). The van der Waals surface area contributed by atoms with Crippen LogP contribution in [0.25, 0.3) is 0 Å². The molecule has 2 fully saturated rings. The highest BCUT2D eigenvalue weighted by Crippen LogP contribution is 2.33. The Morgan fingerprint density at radius 2 is 1.83 bits per heavy atom. The van der Waals surface area contributed by atoms with Crippen LogP contribution in [0.1, 0.15) is 32.1 Å². The maximum absolute atomic E-state index is 12.5. The molecule has 0 radical (unpaired) electrons. The van der Waals surface area contributed by atoms with Crippen LogP contribution < -0.4 is 0 Å². The minimum Gasteiger partial charge on any atom is -0.481 e. The van der Waals surface area contributed by atoms with Gasteiger partial charge >= 0.3 is 5.97 Å². The average molecular weight is 271 g/mol. The standard InChI is InChI=1S/C13H21NO3S/c1-14(9-6-7-18-8-9)12(15)10-4-2-3-5-11(10)13(16)17/h9-11H,2-8H2,1H3,(H,16,17). The summed E-state index contributed by atoms with van der Waals surface area (Å²) in [6.45, 7) is 0. The van der Waals surface area contributed by atoms with Gasteiger partial charge in [0.1, 0.15) is 0 Å². The number of rotatable bonds is 3. The maximum atomic E-state index is 12.5. The number of carboxylic acids is 1. The van der Waals surface area contributed by atoms with E-state index in [4.69, 9.17) is 0 Å². The van der Waals surface area contributed by atoms with Gasteiger partial charge in [-0.25, -0.2) is 0 Å². The Morgan fingerprint density at radius 1 is 1.17 bits per heavy atom. The molecule has 3 atom stereocenters. The van der Waals surface area contributed by atoms with Crippen molar-refractivity contribution in [2.24, 2.45) is 11.8 Å². The van der Waals surface area contributed by atoms with Crippen molar-refractivity contribution < 1.29 is 14.7 Å². The van der Waals surface area contributed by atoms with Crippen molar-refractivity contribution in [3.63, 3.8) is 0 Å². The number of thioether (sulfide) groups is 1. The minimum atomic E-state index is -0.803. The molecule has 18 heavy (non-hydrogen) atoms. The van der Waals surface area contributed by atoms with Crippen LogP contribution in [0.2, 0.25) is 0 Å². The van der Waals surface area contributed by atoms with Crippen LogP contribution in [0.15, 0.2) is 0 Å². The lowest BCUT2D eigenvalue weighted by molar-refractivity contribution is -0.152. The first kappa shape index (κ1) is 13.7. The Morgan fingerprint density at radius 3 is 2.39 bits per heavy atom. The summed E-state index contributed by atoms with van der Waals surface area (Å²) in [7, 11) is 1.84. The third kappa shape index (κ3) is 2.82. The summed E-state index contributed by atoms with van der Waals surface area (Å²) in [6, 6.07) is 0.305. The highest BCUT2D eigenvalue weighted by Gasteiger charge is 2.38. The van der Waals surface area contributed by atoms with Crippen molar-refractivity contribution in [1.82, 2.24) is 4.90 Å². The highest BCUT2D eigenvalue weighted by molar-refractivity contribution is 7.99. The molecule has 3 unspecified atom stereocenters. The van der Waals surface area contributed by atoms with E-state index in [1.807, 2.05) is 23.7 Å². The summed E-state index contributed by atoms with van der Waals surface area (Å²) in [5.74, 6) is 0.577. The molecule has 4 nitrogen and oxygen atoms in total. The van der Waals surface area contributed by atoms with E-state index in [2.05, 4.69) is 0 Å². The van der Waals surface area contributed by atoms with Crippen LogP contribution in [0, 0.1) is 11.8 Å². The van der Waals surface area contributed by atoms with Gasteiger partial charge in [-0.15, -0.1) is 0 Å². The number of hydrogen-bond acceptors (Lipinski definition) is 3. The van der Waals surface area contributed by atoms with Crippen LogP contribution in [0.4, 0.5) is 0 Å². The topological polar surface area (TPSA) is 57.6 Å². The molecule has 2 aliphatic rings. The minimum absolute atomic E-state index is 0.0506. The Hall–Kier alpha value is -0.710. The van der Waals surface area contributed by atoms with E-state index in [-0.39, 0.29) is 11.8 Å². The third-order valence-electron chi connectivity index (χ3n) is 4.20. The van der Waals surface area contributed by atoms with Gasteiger partial charge in [-0.2, -0.15) is 11.8 Å². The smallest absolute Gasteiger partial charge is 0.307 e. The zero-order chi connectivity index (χ0) is 13.1. The van der Waals surface area contributed by atoms with Crippen molar-refractivity contribution in [3.8, 4) is 0 Å². The van der Waals surface area contributed by atoms with E-state index >= 15 is 0 Å². The van der Waals surface area contributed by atoms with Gasteiger partial charge in [0, 0.05) is 18.8 Å². The fourth-order valence-electron chi connectivity index (χ4n) is 2.99. The van der Waals surface area contributed by atoms with E-state index in [0.717, 1.165) is 37.2 Å². The second-order valence-corrected chi connectivity index (χ2v) is 6.45. The number of aliphatic carboxylic acids is 1. The average Bonchev–Trinajstić information content (AvgIpc) is 2.90. The molecule has 1 saturated carbocycles. The molecule has 0 spiro atoms. The monoisotopic (exact) mass is 271 g/mol. The fourth-order valence-corrected chi connectivity index (χ4v) is 4.26. The quantitative estimate of drug-likeness (QED) is 0.851. The predicted molar refractivity (Wildman–Crippen MR) is 71.6 cm³/mol. The van der Waals surface area contributed by atoms with Crippen LogP contribution in [-0.4, -0.2) is 46.5 Å². The number of hydrogen-bond donors (Lipinski definition) is 1. The summed E-state index contributed by atoms with van der Waals surface area (Å²) in [5, 5.41) is 9.23. The van der Waals surface area contributed by atoms with Crippen LogP contribution in [0.3, 0.4) is 0 Å². The number of nitrogens with zero attached hydrogens (tertiary/aromatic N) is 1. The normalized spacial score (nSPS) is 32.2. The molecule has 0 aromatic carbocycles. The molecule has 5 heteroatoms. The molecule has 0 bridgehead atoms. The zero-order valence-electron chi connectivity index (χ0n) is 10.8. The second kappa shape index (κ2) is 5.95. The largest absolute Gasteiger partial charge is 0.481 e. The molecule has 1 aliphatic carbocycles. The van der Waals surface area contributed by atoms with Crippen molar-refractivity contribution in [2.45, 2.75) is 38.1 Å². The van der Waals surface area contributed by atoms with E-state index in [9.17, 15) is 14.7 Å². The molecule has 1 saturated heterocycles. The molecule has 102 valence electrons. The van der Waals surface area contributed by atoms with Gasteiger partial charge in [-0.05, 0) is 25.0 Å². The Bertz CT molecular complexity index is 328. The van der Waals surface area contributed by atoms with Crippen LogP contribution in [-0.2, 0) is 9.59 Å². The summed E-state index contributed by atoms with van der Waals surface area (Å²) < 4.78 is 0. The molecular weight excluding hydrogens is 250 g/mol. The lowest BCUT2D eigenvalue weighted by atomic mass is 9.78. The Balaban J connectivity index is 2.03. The lowest BCUT2D eigenvalue weighted by Crippen LogP contribution is -2.45. The SMILES string of the molecule is CN(C(=O)C1CCCCC1C(=O)O)C1CCSC1. The Labute approximate surface area is 112 Å². The summed E-state index contributed by atoms with van der Waals surface area (Å²) in [4.78, 5) is 25.5. The number of carboxylic acid groups (broad SMARTS) is 1. The van der Waals surface area contributed by atoms with E-state index < -0.39 is 11.9 Å². The third-order valence-corrected chi connectivity index (χ3v) is 5.35. The van der Waals surface area contributed by atoms with E-state index in [0.29, 0.717) is 12.5 Å². The first-order valence-corrected chi connectivity index (χ1v) is 7.84. The number of carbonyl (C=O) groups excluding carboxylic acids is 1. The van der Waals surface area contributed by atoms with Gasteiger partial charge in [0.15, 0.2) is 0 Å². The van der Waals surface area contributed by atoms with Crippen LogP contribution in [0.5, 0.6) is 0 Å². The maximum Gasteiger partial charge on any atom is 0.307 e. The van der Waals surface area contributed by atoms with Crippen molar-refractivity contribution >= 4 is 23.6 Å². The predicted octanol–water partition coefficient (Wildman–Crippen LogP) is 1.84. The van der Waals surface area contributed by atoms with Crippen molar-refractivity contribution in [1.29, 1.82) is 0 Å². The molecule has 1 heterocycles. The molecule has 1 N–H and O–H groups in total. The van der Waals surface area contributed by atoms with Gasteiger partial charge in [0.25, 0.3) is 0 Å². The van der Waals surface area contributed by atoms with Gasteiger partial charge in [0.05, 0.1) is 11.8 Å². The van der Waals surface area contributed by atoms with Crippen molar-refractivity contribution in [3.05, 3.63) is 0 Å². The van der Waals surface area contributed by atoms with Crippen LogP contribution >= 0.6 is 11.8 Å². The second-order valence-electron chi connectivity index (χ2n) is 5.30. The molecule has 0 aromatic heterocycles. The lowest BCUT2D eigenvalue weighted by Gasteiger charge is -2.33. The first-order valence-electron chi connectivity index (χ1n) is 6.68. The molecule has 1 amide bonds. The molecule has 1 aliphatic heterocycles. The summed E-state index contributed by atoms with van der Waals surface area (Å²) >= 11 is 1.87. The zero-order valence-corrected chi connectivity index (χ0v) is 11.6. The van der Waals surface area contributed by atoms with Crippen molar-refractivity contribution in [2.75, 3.05) is 18.6 Å². The van der Waals surface area contributed by atoms with Gasteiger partial charge in [-0.1, -0.05) is 12.8 Å². The fraction of sp³-hybridized carbons (Fsp3) is 0.846. The summed E-state index contributed by atoms with van der Waals surface area (Å²) in [5.41, 5.74) is 0. The molecule has 0 aromatic rings. The highest BCUT2D eigenvalue weighted by atomic mass is 32.2. The summed E-state index contributed by atoms with van der Waals surface area (Å²) in [6.07, 6.45) is 4.34. The number of amides is 1. The van der Waals surface area contributed by atoms with Gasteiger partial charge in [0.2, 0.25) is 5.91 Å². The van der Waals surface area contributed by atoms with E-state index in [1.165, 1.54) is 0 Å².